The number of carboxylic acids is 1. The molecule has 130 valence electrons. The zero-order valence-electron chi connectivity index (χ0n) is 13.3. The second kappa shape index (κ2) is 8.06. The Morgan fingerprint density at radius 3 is 2.25 bits per heavy atom. The predicted octanol–water partition coefficient (Wildman–Crippen LogP) is 3.64. The van der Waals surface area contributed by atoms with Gasteiger partial charge in [-0.15, -0.1) is 23.5 Å². The average molecular weight is 384 g/mol. The van der Waals surface area contributed by atoms with Crippen molar-refractivity contribution in [3.63, 3.8) is 0 Å². The number of hydrogen-bond acceptors (Lipinski definition) is 5. The van der Waals surface area contributed by atoms with Crippen LogP contribution in [0.4, 0.5) is 0 Å². The van der Waals surface area contributed by atoms with Crippen molar-refractivity contribution in [2.75, 3.05) is 23.0 Å². The minimum absolute atomic E-state index is 0.292. The number of benzene rings is 1. The van der Waals surface area contributed by atoms with Gasteiger partial charge in [0.15, 0.2) is 0 Å². The highest BCUT2D eigenvalue weighted by Gasteiger charge is 2.41. The number of carbonyl (C=O) groups excluding carboxylic acids is 1. The number of thioether (sulfide) groups is 3. The summed E-state index contributed by atoms with van der Waals surface area (Å²) in [6, 6.07) is 7.62. The minimum atomic E-state index is -1.12. The van der Waals surface area contributed by atoms with Crippen molar-refractivity contribution in [3.05, 3.63) is 35.4 Å². The first kappa shape index (κ1) is 18.0. The Bertz CT molecular complexity index is 594. The van der Waals surface area contributed by atoms with E-state index >= 15 is 0 Å². The zero-order valence-corrected chi connectivity index (χ0v) is 15.8. The van der Waals surface area contributed by atoms with Gasteiger partial charge in [0.05, 0.1) is 4.58 Å². The van der Waals surface area contributed by atoms with Crippen LogP contribution in [0.1, 0.15) is 39.8 Å². The second-order valence-electron chi connectivity index (χ2n) is 6.00. The van der Waals surface area contributed by atoms with Crippen LogP contribution in [0, 0.1) is 0 Å². The smallest absolute Gasteiger partial charge is 0.329 e. The lowest BCUT2D eigenvalue weighted by molar-refractivity contribution is -0.144. The van der Waals surface area contributed by atoms with Gasteiger partial charge in [0.25, 0.3) is 5.91 Å². The van der Waals surface area contributed by atoms with Gasteiger partial charge in [-0.05, 0) is 60.0 Å². The van der Waals surface area contributed by atoms with Crippen LogP contribution in [0.3, 0.4) is 0 Å². The highest BCUT2D eigenvalue weighted by atomic mass is 32.2. The Morgan fingerprint density at radius 1 is 1.04 bits per heavy atom. The van der Waals surface area contributed by atoms with Crippen LogP contribution in [-0.4, -0.2) is 45.5 Å². The van der Waals surface area contributed by atoms with E-state index in [1.807, 2.05) is 47.8 Å². The summed E-state index contributed by atoms with van der Waals surface area (Å²) in [5.41, 5.74) is 0.641. The lowest BCUT2D eigenvalue weighted by Gasteiger charge is -2.33. The van der Waals surface area contributed by atoms with E-state index in [1.165, 1.54) is 23.5 Å². The quantitative estimate of drug-likeness (QED) is 0.828. The van der Waals surface area contributed by atoms with Gasteiger partial charge in [0.2, 0.25) is 0 Å². The molecule has 2 aliphatic heterocycles. The monoisotopic (exact) mass is 383 g/mol. The SMILES string of the molecule is O=C(NC1(C(=O)O)CCSCC1)c1ccc(C2SCCCS2)cc1. The molecule has 0 bridgehead atoms. The predicted molar refractivity (Wildman–Crippen MR) is 103 cm³/mol. The molecule has 2 aliphatic rings. The lowest BCUT2D eigenvalue weighted by Crippen LogP contribution is -2.56. The van der Waals surface area contributed by atoms with Gasteiger partial charge in [0, 0.05) is 5.56 Å². The molecule has 0 atom stereocenters. The molecule has 0 aliphatic carbocycles. The molecule has 1 aromatic carbocycles. The highest BCUT2D eigenvalue weighted by molar-refractivity contribution is 8.16. The van der Waals surface area contributed by atoms with Crippen LogP contribution in [0.5, 0.6) is 0 Å². The van der Waals surface area contributed by atoms with Crippen LogP contribution in [-0.2, 0) is 4.79 Å². The standard InChI is InChI=1S/C17H21NO3S3/c19-14(18-17(16(20)21)6-10-22-11-7-17)12-2-4-13(5-3-12)15-23-8-1-9-24-15/h2-5,15H,1,6-11H2,(H,18,19)(H,20,21). The van der Waals surface area contributed by atoms with E-state index in [0.29, 0.717) is 23.0 Å². The Balaban J connectivity index is 1.69. The summed E-state index contributed by atoms with van der Waals surface area (Å²) in [5.74, 6) is 2.67. The molecule has 0 radical (unpaired) electrons. The van der Waals surface area contributed by atoms with E-state index in [-0.39, 0.29) is 5.91 Å². The molecule has 24 heavy (non-hydrogen) atoms. The molecule has 0 spiro atoms. The second-order valence-corrected chi connectivity index (χ2v) is 9.95. The Kier molecular flexibility index (Phi) is 6.05. The number of amides is 1. The normalized spacial score (nSPS) is 21.2. The molecular formula is C17H21NO3S3. The van der Waals surface area contributed by atoms with Crippen molar-refractivity contribution in [2.45, 2.75) is 29.4 Å². The molecule has 2 fully saturated rings. The summed E-state index contributed by atoms with van der Waals surface area (Å²) in [4.78, 5) is 24.2. The van der Waals surface area contributed by atoms with Gasteiger partial charge in [0.1, 0.15) is 5.54 Å². The summed E-state index contributed by atoms with van der Waals surface area (Å²) in [6.07, 6.45) is 2.21. The van der Waals surface area contributed by atoms with Crippen molar-refractivity contribution >= 4 is 47.2 Å². The topological polar surface area (TPSA) is 66.4 Å². The number of nitrogens with one attached hydrogen (secondary N) is 1. The number of rotatable bonds is 4. The molecule has 2 saturated heterocycles. The maximum Gasteiger partial charge on any atom is 0.329 e. The molecule has 0 saturated carbocycles. The summed E-state index contributed by atoms with van der Waals surface area (Å²) in [6.45, 7) is 0. The van der Waals surface area contributed by atoms with E-state index in [9.17, 15) is 14.7 Å². The molecule has 7 heteroatoms. The largest absolute Gasteiger partial charge is 0.480 e. The van der Waals surface area contributed by atoms with Gasteiger partial charge < -0.3 is 10.4 Å². The molecule has 0 aromatic heterocycles. The van der Waals surface area contributed by atoms with Crippen molar-refractivity contribution in [1.29, 1.82) is 0 Å². The minimum Gasteiger partial charge on any atom is -0.480 e. The lowest BCUT2D eigenvalue weighted by atomic mass is 9.92. The average Bonchev–Trinajstić information content (AvgIpc) is 2.63. The summed E-state index contributed by atoms with van der Waals surface area (Å²) >= 11 is 5.63. The fraction of sp³-hybridized carbons (Fsp3) is 0.529. The highest BCUT2D eigenvalue weighted by Crippen LogP contribution is 2.43. The first-order valence-electron chi connectivity index (χ1n) is 8.08. The summed E-state index contributed by atoms with van der Waals surface area (Å²) in [5, 5.41) is 12.4. The zero-order chi connectivity index (χ0) is 17.0. The van der Waals surface area contributed by atoms with Crippen LogP contribution in [0.15, 0.2) is 24.3 Å². The van der Waals surface area contributed by atoms with E-state index in [2.05, 4.69) is 5.32 Å². The van der Waals surface area contributed by atoms with Crippen LogP contribution < -0.4 is 5.32 Å². The first-order chi connectivity index (χ1) is 11.6. The van der Waals surface area contributed by atoms with Crippen LogP contribution >= 0.6 is 35.3 Å². The number of aliphatic carboxylic acids is 1. The van der Waals surface area contributed by atoms with E-state index in [1.54, 1.807) is 11.8 Å². The van der Waals surface area contributed by atoms with E-state index < -0.39 is 11.5 Å². The van der Waals surface area contributed by atoms with Crippen molar-refractivity contribution in [3.8, 4) is 0 Å². The van der Waals surface area contributed by atoms with E-state index in [0.717, 1.165) is 11.5 Å². The molecule has 2 N–H and O–H groups in total. The Hall–Kier alpha value is -0.790. The molecule has 4 nitrogen and oxygen atoms in total. The fourth-order valence-electron chi connectivity index (χ4n) is 2.87. The molecule has 3 rings (SSSR count). The molecular weight excluding hydrogens is 362 g/mol. The summed E-state index contributed by atoms with van der Waals surface area (Å²) in [7, 11) is 0. The summed E-state index contributed by atoms with van der Waals surface area (Å²) < 4.78 is 0.441. The van der Waals surface area contributed by atoms with Crippen molar-refractivity contribution in [2.24, 2.45) is 0 Å². The third kappa shape index (κ3) is 4.06. The Labute approximate surface area is 154 Å². The first-order valence-corrected chi connectivity index (χ1v) is 11.3. The maximum absolute atomic E-state index is 12.5. The van der Waals surface area contributed by atoms with Crippen molar-refractivity contribution in [1.82, 2.24) is 5.32 Å². The molecule has 1 aromatic rings. The third-order valence-corrected chi connectivity index (χ3v) is 8.38. The Morgan fingerprint density at radius 2 is 1.67 bits per heavy atom. The van der Waals surface area contributed by atoms with Gasteiger partial charge >= 0.3 is 5.97 Å². The number of carbonyl (C=O) groups is 2. The van der Waals surface area contributed by atoms with Crippen molar-refractivity contribution < 1.29 is 14.7 Å². The van der Waals surface area contributed by atoms with Gasteiger partial charge in [-0.3, -0.25) is 4.79 Å². The molecule has 1 amide bonds. The van der Waals surface area contributed by atoms with Gasteiger partial charge in [-0.1, -0.05) is 12.1 Å². The van der Waals surface area contributed by atoms with Crippen LogP contribution in [0.25, 0.3) is 0 Å². The van der Waals surface area contributed by atoms with Gasteiger partial charge in [-0.2, -0.15) is 11.8 Å². The number of carboxylic acid groups (broad SMARTS) is 1. The third-order valence-electron chi connectivity index (χ3n) is 4.38. The van der Waals surface area contributed by atoms with Gasteiger partial charge in [-0.25, -0.2) is 4.79 Å². The van der Waals surface area contributed by atoms with Crippen LogP contribution in [0.2, 0.25) is 0 Å². The molecule has 0 unspecified atom stereocenters. The fourth-order valence-corrected chi connectivity index (χ4v) is 6.96. The van der Waals surface area contributed by atoms with E-state index in [4.69, 9.17) is 0 Å². The molecule has 2 heterocycles. The number of hydrogen-bond donors (Lipinski definition) is 2. The maximum atomic E-state index is 12.5.